The minimum absolute atomic E-state index is 0.151. The molecule has 2 aromatic heterocycles. The number of rotatable bonds is 5. The lowest BCUT2D eigenvalue weighted by molar-refractivity contribution is -0.131. The zero-order chi connectivity index (χ0) is 19.0. The quantitative estimate of drug-likeness (QED) is 0.662. The average molecular weight is 399 g/mol. The van der Waals surface area contributed by atoms with Crippen LogP contribution in [0.1, 0.15) is 18.2 Å². The van der Waals surface area contributed by atoms with Crippen LogP contribution < -0.4 is 10.1 Å². The molecular weight excluding hydrogens is 382 g/mol. The molecule has 1 N–H and O–H groups in total. The number of urea groups is 1. The van der Waals surface area contributed by atoms with E-state index in [0.29, 0.717) is 17.0 Å². The number of nitrogens with zero attached hydrogens (tertiary/aromatic N) is 2. The molecule has 6 nitrogen and oxygen atoms in total. The maximum atomic E-state index is 13.0. The molecule has 0 radical (unpaired) electrons. The summed E-state index contributed by atoms with van der Waals surface area (Å²) in [4.78, 5) is 32.4. The number of imide groups is 1. The highest BCUT2D eigenvalue weighted by Crippen LogP contribution is 2.32. The molecule has 1 atom stereocenters. The molecule has 3 aromatic rings. The summed E-state index contributed by atoms with van der Waals surface area (Å²) in [6.45, 7) is 1.87. The third-order valence-electron chi connectivity index (χ3n) is 4.55. The van der Waals surface area contributed by atoms with Crippen LogP contribution in [0.4, 0.5) is 4.79 Å². The minimum atomic E-state index is -1.10. The number of thiophene rings is 1. The molecule has 8 heteroatoms. The largest absolute Gasteiger partial charge is 0.497 e. The fraction of sp³-hybridized carbons (Fsp3) is 0.211. The van der Waals surface area contributed by atoms with Crippen molar-refractivity contribution in [3.63, 3.8) is 0 Å². The zero-order valence-electron chi connectivity index (χ0n) is 14.8. The van der Waals surface area contributed by atoms with Gasteiger partial charge in [0.15, 0.2) is 0 Å². The van der Waals surface area contributed by atoms with Crippen LogP contribution in [-0.2, 0) is 16.9 Å². The standard InChI is InChI=1S/C19H17N3O3S2/c1-19(12-5-7-14(25-2)8-6-12)17(23)22(18(24)21-19)10-13-11-27-16(20-13)15-4-3-9-26-15/h3-9,11H,10H2,1-2H3,(H,21,24). The summed E-state index contributed by atoms with van der Waals surface area (Å²) >= 11 is 3.12. The fourth-order valence-corrected chi connectivity index (χ4v) is 4.64. The Morgan fingerprint density at radius 3 is 2.63 bits per heavy atom. The topological polar surface area (TPSA) is 71.5 Å². The first-order valence-corrected chi connectivity index (χ1v) is 10.0. The minimum Gasteiger partial charge on any atom is -0.497 e. The van der Waals surface area contributed by atoms with Crippen molar-refractivity contribution < 1.29 is 14.3 Å². The smallest absolute Gasteiger partial charge is 0.325 e. The summed E-state index contributed by atoms with van der Waals surface area (Å²) in [7, 11) is 1.58. The summed E-state index contributed by atoms with van der Waals surface area (Å²) in [6, 6.07) is 10.7. The van der Waals surface area contributed by atoms with Crippen LogP contribution >= 0.6 is 22.7 Å². The van der Waals surface area contributed by atoms with E-state index in [0.717, 1.165) is 9.88 Å². The van der Waals surface area contributed by atoms with Crippen molar-refractivity contribution in [1.29, 1.82) is 0 Å². The molecule has 1 aromatic carbocycles. The number of benzene rings is 1. The van der Waals surface area contributed by atoms with E-state index < -0.39 is 11.6 Å². The number of carbonyl (C=O) groups is 2. The van der Waals surface area contributed by atoms with Crippen LogP contribution in [0.3, 0.4) is 0 Å². The van der Waals surface area contributed by atoms with Crippen LogP contribution in [0.25, 0.3) is 9.88 Å². The van der Waals surface area contributed by atoms with Crippen LogP contribution in [0, 0.1) is 0 Å². The summed E-state index contributed by atoms with van der Waals surface area (Å²) in [5, 5.41) is 7.59. The number of amides is 3. The van der Waals surface area contributed by atoms with Gasteiger partial charge in [0.05, 0.1) is 24.2 Å². The zero-order valence-corrected chi connectivity index (χ0v) is 16.4. The number of methoxy groups -OCH3 is 1. The van der Waals surface area contributed by atoms with E-state index in [4.69, 9.17) is 4.74 Å². The number of thiazole rings is 1. The molecule has 3 amide bonds. The lowest BCUT2D eigenvalue weighted by Gasteiger charge is -2.22. The molecule has 4 rings (SSSR count). The highest BCUT2D eigenvalue weighted by atomic mass is 32.1. The normalized spacial score (nSPS) is 19.4. The Balaban J connectivity index is 1.56. The average Bonchev–Trinajstić information content (AvgIpc) is 3.40. The lowest BCUT2D eigenvalue weighted by atomic mass is 9.92. The summed E-state index contributed by atoms with van der Waals surface area (Å²) < 4.78 is 5.16. The van der Waals surface area contributed by atoms with Gasteiger partial charge in [-0.3, -0.25) is 9.69 Å². The van der Waals surface area contributed by atoms with Gasteiger partial charge in [0.25, 0.3) is 5.91 Å². The molecule has 1 aliphatic rings. The molecular formula is C19H17N3O3S2. The maximum Gasteiger partial charge on any atom is 0.325 e. The van der Waals surface area contributed by atoms with Crippen molar-refractivity contribution >= 4 is 34.6 Å². The molecule has 1 saturated heterocycles. The first-order valence-electron chi connectivity index (χ1n) is 8.28. The van der Waals surface area contributed by atoms with Gasteiger partial charge in [-0.15, -0.1) is 22.7 Å². The summed E-state index contributed by atoms with van der Waals surface area (Å²) in [6.07, 6.45) is 0. The second kappa shape index (κ2) is 6.79. The number of ether oxygens (including phenoxy) is 1. The van der Waals surface area contributed by atoms with Crippen LogP contribution in [0.15, 0.2) is 47.2 Å². The van der Waals surface area contributed by atoms with Crippen LogP contribution in [0.5, 0.6) is 5.75 Å². The molecule has 27 heavy (non-hydrogen) atoms. The summed E-state index contributed by atoms with van der Waals surface area (Å²) in [5.41, 5.74) is 0.309. The Morgan fingerprint density at radius 2 is 1.96 bits per heavy atom. The summed E-state index contributed by atoms with van der Waals surface area (Å²) in [5.74, 6) is 0.405. The van der Waals surface area contributed by atoms with Crippen molar-refractivity contribution in [2.24, 2.45) is 0 Å². The fourth-order valence-electron chi connectivity index (χ4n) is 3.02. The molecule has 0 saturated carbocycles. The molecule has 1 unspecified atom stereocenters. The van der Waals surface area contributed by atoms with Gasteiger partial charge >= 0.3 is 6.03 Å². The first-order chi connectivity index (χ1) is 13.0. The number of aromatic nitrogens is 1. The van der Waals surface area contributed by atoms with Crippen molar-refractivity contribution in [2.75, 3.05) is 7.11 Å². The van der Waals surface area contributed by atoms with E-state index in [9.17, 15) is 9.59 Å². The van der Waals surface area contributed by atoms with Crippen molar-refractivity contribution in [3.05, 3.63) is 58.4 Å². The van der Waals surface area contributed by atoms with Crippen molar-refractivity contribution in [1.82, 2.24) is 15.2 Å². The molecule has 0 bridgehead atoms. The predicted molar refractivity (Wildman–Crippen MR) is 105 cm³/mol. The SMILES string of the molecule is COc1ccc(C2(C)NC(=O)N(Cc3csc(-c4cccs4)n3)C2=O)cc1. The Bertz CT molecular complexity index is 982. The Labute approximate surface area is 164 Å². The first kappa shape index (κ1) is 17.7. The van der Waals surface area contributed by atoms with Gasteiger partial charge in [-0.1, -0.05) is 18.2 Å². The Kier molecular flexibility index (Phi) is 4.45. The number of hydrogen-bond acceptors (Lipinski definition) is 6. The third-order valence-corrected chi connectivity index (χ3v) is 6.48. The van der Waals surface area contributed by atoms with Crippen LogP contribution in [0.2, 0.25) is 0 Å². The lowest BCUT2D eigenvalue weighted by Crippen LogP contribution is -2.40. The van der Waals surface area contributed by atoms with E-state index in [2.05, 4.69) is 10.3 Å². The van der Waals surface area contributed by atoms with Crippen molar-refractivity contribution in [2.45, 2.75) is 19.0 Å². The van der Waals surface area contributed by atoms with Gasteiger partial charge < -0.3 is 10.1 Å². The number of carbonyl (C=O) groups excluding carboxylic acids is 2. The number of nitrogens with one attached hydrogen (secondary N) is 1. The number of hydrogen-bond donors (Lipinski definition) is 1. The van der Waals surface area contributed by atoms with Gasteiger partial charge in [0.1, 0.15) is 16.3 Å². The van der Waals surface area contributed by atoms with Gasteiger partial charge in [-0.25, -0.2) is 9.78 Å². The monoisotopic (exact) mass is 399 g/mol. The predicted octanol–water partition coefficient (Wildman–Crippen LogP) is 3.85. The van der Waals surface area contributed by atoms with E-state index in [1.807, 2.05) is 22.9 Å². The van der Waals surface area contributed by atoms with E-state index in [-0.39, 0.29) is 12.5 Å². The third kappa shape index (κ3) is 3.11. The van der Waals surface area contributed by atoms with Gasteiger partial charge in [0.2, 0.25) is 0 Å². The van der Waals surface area contributed by atoms with Crippen molar-refractivity contribution in [3.8, 4) is 15.6 Å². The maximum absolute atomic E-state index is 13.0. The molecule has 0 spiro atoms. The molecule has 1 fully saturated rings. The van der Waals surface area contributed by atoms with E-state index >= 15 is 0 Å². The molecule has 3 heterocycles. The van der Waals surface area contributed by atoms with Gasteiger partial charge in [-0.2, -0.15) is 0 Å². The van der Waals surface area contributed by atoms with Gasteiger partial charge in [-0.05, 0) is 36.1 Å². The molecule has 138 valence electrons. The highest BCUT2D eigenvalue weighted by molar-refractivity contribution is 7.20. The van der Waals surface area contributed by atoms with E-state index in [1.165, 1.54) is 16.2 Å². The molecule has 0 aliphatic carbocycles. The molecule has 1 aliphatic heterocycles. The van der Waals surface area contributed by atoms with Crippen LogP contribution in [-0.4, -0.2) is 28.9 Å². The highest BCUT2D eigenvalue weighted by Gasteiger charge is 2.49. The second-order valence-corrected chi connectivity index (χ2v) is 8.10. The Hall–Kier alpha value is -2.71. The Morgan fingerprint density at radius 1 is 1.19 bits per heavy atom. The van der Waals surface area contributed by atoms with E-state index in [1.54, 1.807) is 49.6 Å². The van der Waals surface area contributed by atoms with Gasteiger partial charge in [0, 0.05) is 5.38 Å². The second-order valence-electron chi connectivity index (χ2n) is 6.30.